The molecular formula is C26H28N2O2Si. The number of nitriles is 1. The number of fused-ring (bicyclic) bond motifs is 2. The van der Waals surface area contributed by atoms with Gasteiger partial charge >= 0.3 is 0 Å². The number of hydrogen-bond acceptors (Lipinski definition) is 3. The molecule has 5 heteroatoms. The summed E-state index contributed by atoms with van der Waals surface area (Å²) in [5, 5.41) is 15.5. The van der Waals surface area contributed by atoms with E-state index in [1.54, 1.807) is 0 Å². The highest BCUT2D eigenvalue weighted by molar-refractivity contribution is 6.69. The van der Waals surface area contributed by atoms with Crippen LogP contribution in [0.1, 0.15) is 35.4 Å². The summed E-state index contributed by atoms with van der Waals surface area (Å²) < 4.78 is 6.39. The molecule has 4 rings (SSSR count). The van der Waals surface area contributed by atoms with Crippen LogP contribution in [0, 0.1) is 11.3 Å². The monoisotopic (exact) mass is 428 g/mol. The van der Waals surface area contributed by atoms with Crippen molar-refractivity contribution in [3.8, 4) is 6.07 Å². The lowest BCUT2D eigenvalue weighted by molar-refractivity contribution is -0.123. The Morgan fingerprint density at radius 1 is 1.10 bits per heavy atom. The highest BCUT2D eigenvalue weighted by atomic mass is 28.4. The molecule has 4 nitrogen and oxygen atoms in total. The lowest BCUT2D eigenvalue weighted by atomic mass is 9.74. The van der Waals surface area contributed by atoms with Crippen molar-refractivity contribution in [2.75, 3.05) is 0 Å². The Bertz CT molecular complexity index is 1160. The standard InChI is InChI=1S/C26H28N2O2Si/c1-31(2,3)30-26(18-27)16-15-23(22-13-6-7-14-24(22)26)25(29)28-17-20-11-8-10-19-9-4-5-12-21(19)20/h4-14,23H,15-17H2,1-3H3,(H,28,29). The molecule has 3 aromatic rings. The van der Waals surface area contributed by atoms with Crippen LogP contribution < -0.4 is 5.32 Å². The van der Waals surface area contributed by atoms with E-state index in [1.165, 1.54) is 5.39 Å². The van der Waals surface area contributed by atoms with Gasteiger partial charge in [-0.15, -0.1) is 0 Å². The summed E-state index contributed by atoms with van der Waals surface area (Å²) in [7, 11) is -1.96. The Balaban J connectivity index is 1.59. The molecule has 0 spiro atoms. The van der Waals surface area contributed by atoms with Crippen LogP contribution in [0.5, 0.6) is 0 Å². The number of carbonyl (C=O) groups excluding carboxylic acids is 1. The molecule has 1 N–H and O–H groups in total. The van der Waals surface area contributed by atoms with Crippen molar-refractivity contribution in [1.29, 1.82) is 5.26 Å². The number of nitrogens with one attached hydrogen (secondary N) is 1. The fourth-order valence-corrected chi connectivity index (χ4v) is 5.90. The second-order valence-electron chi connectivity index (χ2n) is 9.19. The van der Waals surface area contributed by atoms with E-state index in [1.807, 2.05) is 42.5 Å². The number of rotatable bonds is 5. The predicted octanol–water partition coefficient (Wildman–Crippen LogP) is 5.60. The van der Waals surface area contributed by atoms with Gasteiger partial charge in [0.2, 0.25) is 5.91 Å². The maximum absolute atomic E-state index is 13.2. The van der Waals surface area contributed by atoms with Gasteiger partial charge in [-0.05, 0) is 54.4 Å². The molecule has 0 fully saturated rings. The molecule has 1 aliphatic rings. The molecule has 0 aliphatic heterocycles. The van der Waals surface area contributed by atoms with Gasteiger partial charge in [-0.1, -0.05) is 66.7 Å². The molecule has 0 aromatic heterocycles. The number of benzene rings is 3. The highest BCUT2D eigenvalue weighted by Crippen LogP contribution is 2.45. The summed E-state index contributed by atoms with van der Waals surface area (Å²) in [4.78, 5) is 13.2. The largest absolute Gasteiger partial charge is 0.396 e. The van der Waals surface area contributed by atoms with E-state index in [-0.39, 0.29) is 11.8 Å². The third-order valence-corrected chi connectivity index (χ3v) is 6.83. The topological polar surface area (TPSA) is 62.1 Å². The van der Waals surface area contributed by atoms with Gasteiger partial charge < -0.3 is 9.74 Å². The van der Waals surface area contributed by atoms with Crippen LogP contribution >= 0.6 is 0 Å². The molecule has 31 heavy (non-hydrogen) atoms. The van der Waals surface area contributed by atoms with E-state index < -0.39 is 13.9 Å². The Kier molecular flexibility index (Phi) is 5.70. The first-order valence-corrected chi connectivity index (χ1v) is 14.2. The Hall–Kier alpha value is -2.94. The predicted molar refractivity (Wildman–Crippen MR) is 126 cm³/mol. The number of hydrogen-bond donors (Lipinski definition) is 1. The minimum absolute atomic E-state index is 0.0000671. The van der Waals surface area contributed by atoms with E-state index in [0.29, 0.717) is 19.4 Å². The SMILES string of the molecule is C[Si](C)(C)OC1(C#N)CCC(C(=O)NCc2cccc3ccccc23)c2ccccc21. The van der Waals surface area contributed by atoms with Gasteiger partial charge in [-0.3, -0.25) is 4.79 Å². The van der Waals surface area contributed by atoms with Crippen molar-refractivity contribution in [2.24, 2.45) is 0 Å². The number of nitrogens with zero attached hydrogens (tertiary/aromatic N) is 1. The molecule has 0 saturated heterocycles. The van der Waals surface area contributed by atoms with Crippen molar-refractivity contribution in [2.45, 2.75) is 50.5 Å². The summed E-state index contributed by atoms with van der Waals surface area (Å²) >= 11 is 0. The van der Waals surface area contributed by atoms with Gasteiger partial charge in [-0.2, -0.15) is 5.26 Å². The van der Waals surface area contributed by atoms with Gasteiger partial charge in [0.15, 0.2) is 13.9 Å². The molecule has 1 aliphatic carbocycles. The minimum Gasteiger partial charge on any atom is -0.396 e. The van der Waals surface area contributed by atoms with Gasteiger partial charge in [0, 0.05) is 12.1 Å². The molecule has 0 heterocycles. The Morgan fingerprint density at radius 2 is 1.81 bits per heavy atom. The first-order chi connectivity index (χ1) is 14.8. The molecule has 0 radical (unpaired) electrons. The van der Waals surface area contributed by atoms with Gasteiger partial charge in [0.1, 0.15) is 6.07 Å². The summed E-state index contributed by atoms with van der Waals surface area (Å²) in [5.74, 6) is -0.280. The molecule has 158 valence electrons. The maximum Gasteiger partial charge on any atom is 0.227 e. The molecule has 0 bridgehead atoms. The van der Waals surface area contributed by atoms with Crippen molar-refractivity contribution in [3.05, 3.63) is 83.4 Å². The third kappa shape index (κ3) is 4.27. The van der Waals surface area contributed by atoms with Gasteiger partial charge in [-0.25, -0.2) is 0 Å². The molecule has 3 aromatic carbocycles. The van der Waals surface area contributed by atoms with Crippen LogP contribution in [0.3, 0.4) is 0 Å². The molecular weight excluding hydrogens is 400 g/mol. The van der Waals surface area contributed by atoms with E-state index in [9.17, 15) is 10.1 Å². The third-order valence-electron chi connectivity index (χ3n) is 5.87. The Morgan fingerprint density at radius 3 is 2.58 bits per heavy atom. The first-order valence-electron chi connectivity index (χ1n) is 10.8. The summed E-state index contributed by atoms with van der Waals surface area (Å²) in [6.45, 7) is 6.76. The Labute approximate surface area is 185 Å². The normalized spacial score (nSPS) is 20.6. The van der Waals surface area contributed by atoms with Crippen LogP contribution in [0.4, 0.5) is 0 Å². The lowest BCUT2D eigenvalue weighted by Gasteiger charge is -2.40. The van der Waals surface area contributed by atoms with Gasteiger partial charge in [0.25, 0.3) is 0 Å². The van der Waals surface area contributed by atoms with Gasteiger partial charge in [0.05, 0.1) is 5.92 Å². The van der Waals surface area contributed by atoms with Crippen LogP contribution in [-0.4, -0.2) is 14.2 Å². The van der Waals surface area contributed by atoms with Crippen LogP contribution in [0.15, 0.2) is 66.7 Å². The van der Waals surface area contributed by atoms with Crippen molar-refractivity contribution in [1.82, 2.24) is 5.32 Å². The van der Waals surface area contributed by atoms with Crippen LogP contribution in [0.2, 0.25) is 19.6 Å². The smallest absolute Gasteiger partial charge is 0.227 e. The molecule has 1 amide bonds. The minimum atomic E-state index is -1.96. The average molecular weight is 429 g/mol. The number of amides is 1. The molecule has 2 unspecified atom stereocenters. The quantitative estimate of drug-likeness (QED) is 0.538. The zero-order valence-corrected chi connectivity index (χ0v) is 19.3. The maximum atomic E-state index is 13.2. The number of carbonyl (C=O) groups is 1. The second kappa shape index (κ2) is 8.30. The van der Waals surface area contributed by atoms with E-state index in [2.05, 4.69) is 55.3 Å². The second-order valence-corrected chi connectivity index (χ2v) is 13.6. The lowest BCUT2D eigenvalue weighted by Crippen LogP contribution is -2.44. The highest BCUT2D eigenvalue weighted by Gasteiger charge is 2.45. The van der Waals surface area contributed by atoms with Crippen molar-refractivity contribution in [3.63, 3.8) is 0 Å². The fraction of sp³-hybridized carbons (Fsp3) is 0.308. The summed E-state index contributed by atoms with van der Waals surface area (Å²) in [5.41, 5.74) is 1.89. The summed E-state index contributed by atoms with van der Waals surface area (Å²) in [6.07, 6.45) is 1.12. The first kappa shape index (κ1) is 21.3. The van der Waals surface area contributed by atoms with E-state index in [4.69, 9.17) is 4.43 Å². The van der Waals surface area contributed by atoms with Crippen molar-refractivity contribution < 1.29 is 9.22 Å². The van der Waals surface area contributed by atoms with Crippen molar-refractivity contribution >= 4 is 25.0 Å². The van der Waals surface area contributed by atoms with Crippen LogP contribution in [-0.2, 0) is 21.4 Å². The zero-order chi connectivity index (χ0) is 22.1. The molecule has 0 saturated carbocycles. The fourth-order valence-electron chi connectivity index (χ4n) is 4.60. The van der Waals surface area contributed by atoms with E-state index >= 15 is 0 Å². The van der Waals surface area contributed by atoms with E-state index in [0.717, 1.165) is 22.1 Å². The average Bonchev–Trinajstić information content (AvgIpc) is 2.76. The summed E-state index contributed by atoms with van der Waals surface area (Å²) in [6, 6.07) is 24.6. The molecule has 2 atom stereocenters. The van der Waals surface area contributed by atoms with Crippen LogP contribution in [0.25, 0.3) is 10.8 Å². The zero-order valence-electron chi connectivity index (χ0n) is 18.3.